The van der Waals surface area contributed by atoms with Crippen LogP contribution in [0.4, 0.5) is 0 Å². The number of aliphatic hydroxyl groups is 1. The zero-order valence-electron chi connectivity index (χ0n) is 13.1. The van der Waals surface area contributed by atoms with Crippen LogP contribution >= 0.6 is 22.6 Å². The Hall–Kier alpha value is -2.20. The summed E-state index contributed by atoms with van der Waals surface area (Å²) in [5.41, 5.74) is 2.25. The Morgan fingerprint density at radius 1 is 1.24 bits per heavy atom. The molecule has 1 aliphatic carbocycles. The van der Waals surface area contributed by atoms with Gasteiger partial charge in [-0.3, -0.25) is 0 Å². The molecule has 2 aromatic heterocycles. The van der Waals surface area contributed by atoms with Gasteiger partial charge < -0.3 is 14.9 Å². The molecule has 3 aromatic rings. The average Bonchev–Trinajstić information content (AvgIpc) is 3.03. The molecule has 1 aliphatic rings. The van der Waals surface area contributed by atoms with Crippen LogP contribution in [0.3, 0.4) is 0 Å². The van der Waals surface area contributed by atoms with Crippen molar-refractivity contribution < 1.29 is 14.9 Å². The molecule has 0 spiro atoms. The number of rotatable bonds is 4. The number of allylic oxidation sites excluding steroid dienone is 1. The zero-order valence-corrected chi connectivity index (χ0v) is 15.3. The molecule has 0 amide bonds. The van der Waals surface area contributed by atoms with E-state index in [1.807, 2.05) is 12.1 Å². The molecule has 0 fully saturated rings. The van der Waals surface area contributed by atoms with E-state index in [1.165, 1.54) is 4.80 Å². The fraction of sp³-hybridized carbons (Fsp3) is 0.235. The standard InChI is InChI=1S/C17H15IN4O3/c18-10-1-3-13-14(9-10)21-22(20-13)15-4-2-12-11(16(15)24)5-6-19-17(12)25-8-7-23/h1-6,10,23-24H,7-9H2. The molecular formula is C17H15IN4O3. The summed E-state index contributed by atoms with van der Waals surface area (Å²) in [7, 11) is 0. The SMILES string of the molecule is OCCOc1nccc2c(O)c(-n3nc4c(n3)CC(I)C=C4)ccc12. The number of aromatic nitrogens is 4. The Balaban J connectivity index is 1.79. The largest absolute Gasteiger partial charge is 0.505 e. The molecule has 8 heteroatoms. The first kappa shape index (κ1) is 16.3. The Morgan fingerprint density at radius 2 is 2.12 bits per heavy atom. The van der Waals surface area contributed by atoms with Crippen molar-refractivity contribution >= 4 is 39.4 Å². The lowest BCUT2D eigenvalue weighted by Crippen LogP contribution is -2.05. The third kappa shape index (κ3) is 2.95. The molecule has 0 saturated heterocycles. The number of halogens is 1. The van der Waals surface area contributed by atoms with Crippen LogP contribution in [0.1, 0.15) is 11.4 Å². The van der Waals surface area contributed by atoms with Crippen molar-refractivity contribution in [1.82, 2.24) is 20.0 Å². The first-order chi connectivity index (χ1) is 12.2. The van der Waals surface area contributed by atoms with Gasteiger partial charge in [-0.25, -0.2) is 4.98 Å². The minimum Gasteiger partial charge on any atom is -0.505 e. The van der Waals surface area contributed by atoms with Crippen LogP contribution in [0.2, 0.25) is 0 Å². The number of aromatic hydroxyl groups is 1. The van der Waals surface area contributed by atoms with Gasteiger partial charge in [0.2, 0.25) is 5.88 Å². The summed E-state index contributed by atoms with van der Waals surface area (Å²) in [6.45, 7) is 0.0437. The zero-order chi connectivity index (χ0) is 17.4. The molecule has 0 bridgehead atoms. The number of pyridine rings is 1. The molecule has 0 saturated carbocycles. The van der Waals surface area contributed by atoms with Gasteiger partial charge >= 0.3 is 0 Å². The number of hydrogen-bond donors (Lipinski definition) is 2. The summed E-state index contributed by atoms with van der Waals surface area (Å²) in [6, 6.07) is 5.26. The van der Waals surface area contributed by atoms with Crippen molar-refractivity contribution in [2.45, 2.75) is 10.3 Å². The summed E-state index contributed by atoms with van der Waals surface area (Å²) in [5.74, 6) is 0.438. The van der Waals surface area contributed by atoms with Gasteiger partial charge in [0.25, 0.3) is 0 Å². The Kier molecular flexibility index (Phi) is 4.30. The molecule has 4 rings (SSSR count). The predicted molar refractivity (Wildman–Crippen MR) is 101 cm³/mol. The highest BCUT2D eigenvalue weighted by Crippen LogP contribution is 2.34. The van der Waals surface area contributed by atoms with Crippen LogP contribution in [-0.2, 0) is 6.42 Å². The molecule has 2 N–H and O–H groups in total. The van der Waals surface area contributed by atoms with Gasteiger partial charge in [-0.15, -0.1) is 9.90 Å². The van der Waals surface area contributed by atoms with Crippen LogP contribution in [0.25, 0.3) is 22.5 Å². The van der Waals surface area contributed by atoms with Crippen LogP contribution < -0.4 is 4.74 Å². The van der Waals surface area contributed by atoms with E-state index in [4.69, 9.17) is 9.84 Å². The number of phenols is 1. The number of ether oxygens (including phenoxy) is 1. The number of benzene rings is 1. The minimum absolute atomic E-state index is 0.0658. The van der Waals surface area contributed by atoms with E-state index < -0.39 is 0 Å². The highest BCUT2D eigenvalue weighted by Gasteiger charge is 2.19. The van der Waals surface area contributed by atoms with Crippen LogP contribution in [0.15, 0.2) is 30.5 Å². The summed E-state index contributed by atoms with van der Waals surface area (Å²) in [5, 5.41) is 29.9. The van der Waals surface area contributed by atoms with Crippen molar-refractivity contribution in [3.8, 4) is 17.3 Å². The van der Waals surface area contributed by atoms with Gasteiger partial charge in [0.1, 0.15) is 18.0 Å². The maximum absolute atomic E-state index is 10.7. The fourth-order valence-electron chi connectivity index (χ4n) is 2.80. The number of phenolic OH excluding ortho intramolecular Hbond substituents is 1. The maximum Gasteiger partial charge on any atom is 0.221 e. The molecular weight excluding hydrogens is 435 g/mol. The Labute approximate surface area is 157 Å². The second-order valence-electron chi connectivity index (χ2n) is 5.62. The van der Waals surface area contributed by atoms with Crippen molar-refractivity contribution in [2.24, 2.45) is 0 Å². The molecule has 128 valence electrons. The highest BCUT2D eigenvalue weighted by atomic mass is 127. The van der Waals surface area contributed by atoms with Crippen LogP contribution in [-0.4, -0.2) is 47.3 Å². The third-order valence-electron chi connectivity index (χ3n) is 3.97. The lowest BCUT2D eigenvalue weighted by atomic mass is 10.1. The molecule has 25 heavy (non-hydrogen) atoms. The van der Waals surface area contributed by atoms with Gasteiger partial charge in [-0.05, 0) is 24.3 Å². The monoisotopic (exact) mass is 450 g/mol. The van der Waals surface area contributed by atoms with E-state index in [0.29, 0.717) is 26.3 Å². The number of aliphatic hydroxyl groups excluding tert-OH is 1. The average molecular weight is 450 g/mol. The molecule has 0 radical (unpaired) electrons. The van der Waals surface area contributed by atoms with E-state index in [-0.39, 0.29) is 19.0 Å². The molecule has 7 nitrogen and oxygen atoms in total. The van der Waals surface area contributed by atoms with E-state index >= 15 is 0 Å². The summed E-state index contributed by atoms with van der Waals surface area (Å²) >= 11 is 2.36. The molecule has 2 heterocycles. The van der Waals surface area contributed by atoms with E-state index in [0.717, 1.165) is 17.8 Å². The number of alkyl halides is 1. The highest BCUT2D eigenvalue weighted by molar-refractivity contribution is 14.1. The fourth-order valence-corrected chi connectivity index (χ4v) is 3.42. The van der Waals surface area contributed by atoms with Crippen molar-refractivity contribution in [1.29, 1.82) is 0 Å². The summed E-state index contributed by atoms with van der Waals surface area (Å²) in [4.78, 5) is 5.62. The molecule has 1 aromatic carbocycles. The normalized spacial score (nSPS) is 16.2. The van der Waals surface area contributed by atoms with Crippen LogP contribution in [0, 0.1) is 0 Å². The number of hydrogen-bond acceptors (Lipinski definition) is 6. The number of fused-ring (bicyclic) bond motifs is 2. The van der Waals surface area contributed by atoms with Crippen LogP contribution in [0.5, 0.6) is 11.6 Å². The quantitative estimate of drug-likeness (QED) is 0.468. The second kappa shape index (κ2) is 6.60. The van der Waals surface area contributed by atoms with Gasteiger partial charge in [0, 0.05) is 27.3 Å². The van der Waals surface area contributed by atoms with Crippen molar-refractivity contribution in [2.75, 3.05) is 13.2 Å². The van der Waals surface area contributed by atoms with Gasteiger partial charge in [-0.1, -0.05) is 28.7 Å². The minimum atomic E-state index is -0.101. The summed E-state index contributed by atoms with van der Waals surface area (Å²) in [6.07, 6.45) is 6.44. The lowest BCUT2D eigenvalue weighted by molar-refractivity contribution is 0.198. The van der Waals surface area contributed by atoms with E-state index in [9.17, 15) is 5.11 Å². The van der Waals surface area contributed by atoms with E-state index in [2.05, 4.69) is 43.8 Å². The first-order valence-corrected chi connectivity index (χ1v) is 9.05. The Bertz CT molecular complexity index is 970. The molecule has 0 aliphatic heterocycles. The third-order valence-corrected chi connectivity index (χ3v) is 4.83. The van der Waals surface area contributed by atoms with Gasteiger partial charge in [-0.2, -0.15) is 5.10 Å². The smallest absolute Gasteiger partial charge is 0.221 e. The predicted octanol–water partition coefficient (Wildman–Crippen LogP) is 2.27. The van der Waals surface area contributed by atoms with Gasteiger partial charge in [0.05, 0.1) is 12.3 Å². The second-order valence-corrected chi connectivity index (χ2v) is 7.22. The molecule has 1 unspecified atom stereocenters. The topological polar surface area (TPSA) is 93.3 Å². The maximum atomic E-state index is 10.7. The van der Waals surface area contributed by atoms with Crippen molar-refractivity contribution in [3.05, 3.63) is 41.9 Å². The number of nitrogens with zero attached hydrogens (tertiary/aromatic N) is 4. The molecule has 1 atom stereocenters. The Morgan fingerprint density at radius 3 is 2.96 bits per heavy atom. The lowest BCUT2D eigenvalue weighted by Gasteiger charge is -2.10. The van der Waals surface area contributed by atoms with Gasteiger partial charge in [0.15, 0.2) is 5.75 Å². The van der Waals surface area contributed by atoms with E-state index in [1.54, 1.807) is 18.3 Å². The summed E-state index contributed by atoms with van der Waals surface area (Å²) < 4.78 is 5.83. The first-order valence-electron chi connectivity index (χ1n) is 7.80. The van der Waals surface area contributed by atoms with Crippen molar-refractivity contribution in [3.63, 3.8) is 0 Å².